The Hall–Kier alpha value is -0.460. The third kappa shape index (κ3) is 2.26. The third-order valence-corrected chi connectivity index (χ3v) is 0.987. The lowest BCUT2D eigenvalue weighted by Crippen LogP contribution is -2.14. The fourth-order valence-corrected chi connectivity index (χ4v) is 0.447. The minimum absolute atomic E-state index is 1.01. The summed E-state index contributed by atoms with van der Waals surface area (Å²) in [6, 6.07) is 0. The van der Waals surface area contributed by atoms with Crippen LogP contribution >= 0.6 is 0 Å². The minimum atomic E-state index is 1.01. The van der Waals surface area contributed by atoms with E-state index < -0.39 is 0 Å². The van der Waals surface area contributed by atoms with Gasteiger partial charge in [0.2, 0.25) is 0 Å². The number of rotatable bonds is 3. The molecule has 0 aromatic rings. The van der Waals surface area contributed by atoms with Crippen LogP contribution in [0.4, 0.5) is 0 Å². The molecule has 0 rings (SSSR count). The molecule has 0 atom stereocenters. The first kappa shape index (κ1) is 6.54. The smallest absolute Gasteiger partial charge is 0.0524 e. The van der Waals surface area contributed by atoms with Crippen molar-refractivity contribution >= 4 is 0 Å². The van der Waals surface area contributed by atoms with Gasteiger partial charge in [-0.3, -0.25) is 0 Å². The molecular weight excluding hydrogens is 86.1 g/mol. The normalized spacial score (nSPS) is 8.29. The van der Waals surface area contributed by atoms with E-state index in [1.165, 1.54) is 0 Å². The van der Waals surface area contributed by atoms with Gasteiger partial charge in [-0.25, -0.2) is 0 Å². The van der Waals surface area contributed by atoms with Crippen molar-refractivity contribution in [3.63, 3.8) is 0 Å². The van der Waals surface area contributed by atoms with Gasteiger partial charge in [0.1, 0.15) is 0 Å². The largest absolute Gasteiger partial charge is 0.371 e. The van der Waals surface area contributed by atoms with E-state index in [-0.39, 0.29) is 0 Å². The molecule has 0 aliphatic heterocycles. The highest BCUT2D eigenvalue weighted by Gasteiger charge is 1.84. The van der Waals surface area contributed by atoms with Gasteiger partial charge in [0.25, 0.3) is 0 Å². The summed E-state index contributed by atoms with van der Waals surface area (Å²) in [6.07, 6.45) is 2.78. The van der Waals surface area contributed by atoms with Crippen molar-refractivity contribution in [3.05, 3.63) is 12.8 Å². The van der Waals surface area contributed by atoms with Crippen molar-refractivity contribution < 1.29 is 0 Å². The summed E-state index contributed by atoms with van der Waals surface area (Å²) in [6.45, 7) is 9.70. The first-order valence-electron chi connectivity index (χ1n) is 2.62. The lowest BCUT2D eigenvalue weighted by molar-refractivity contribution is 0.401. The number of hydrogen-bond donors (Lipinski definition) is 0. The van der Waals surface area contributed by atoms with E-state index >= 15 is 0 Å². The number of nitrogens with zero attached hydrogens (tertiary/aromatic N) is 1. The average Bonchev–Trinajstić information content (AvgIpc) is 1.72. The Morgan fingerprint density at radius 2 is 1.86 bits per heavy atom. The van der Waals surface area contributed by atoms with Crippen molar-refractivity contribution in [2.24, 2.45) is 0 Å². The van der Waals surface area contributed by atoms with E-state index in [9.17, 15) is 0 Å². The summed E-state index contributed by atoms with van der Waals surface area (Å²) >= 11 is 0. The zero-order valence-corrected chi connectivity index (χ0v) is 5.07. The molecule has 0 aromatic carbocycles. The topological polar surface area (TPSA) is 3.24 Å². The zero-order valence-electron chi connectivity index (χ0n) is 5.07. The Bertz CT molecular complexity index is 46.1. The van der Waals surface area contributed by atoms with Crippen LogP contribution in [-0.4, -0.2) is 18.0 Å². The van der Waals surface area contributed by atoms with Crippen LogP contribution in [0.15, 0.2) is 6.58 Å². The molecule has 0 aliphatic carbocycles. The second-order valence-electron chi connectivity index (χ2n) is 1.33. The van der Waals surface area contributed by atoms with Crippen molar-refractivity contribution in [1.82, 2.24) is 4.90 Å². The first-order chi connectivity index (χ1) is 3.35. The van der Waals surface area contributed by atoms with Crippen LogP contribution in [0.5, 0.6) is 0 Å². The Kier molecular flexibility index (Phi) is 3.48. The molecule has 0 spiro atoms. The highest BCUT2D eigenvalue weighted by atomic mass is 15.1. The van der Waals surface area contributed by atoms with Crippen LogP contribution in [0.25, 0.3) is 0 Å². The SMILES string of the molecule is C=[C]N(CC)CC. The van der Waals surface area contributed by atoms with E-state index in [2.05, 4.69) is 26.6 Å². The van der Waals surface area contributed by atoms with Gasteiger partial charge in [0.15, 0.2) is 0 Å². The van der Waals surface area contributed by atoms with Gasteiger partial charge in [-0.2, -0.15) is 0 Å². The minimum Gasteiger partial charge on any atom is -0.371 e. The van der Waals surface area contributed by atoms with E-state index in [1.807, 2.05) is 4.90 Å². The summed E-state index contributed by atoms with van der Waals surface area (Å²) in [5, 5.41) is 0. The van der Waals surface area contributed by atoms with Gasteiger partial charge >= 0.3 is 0 Å². The molecule has 0 saturated carbocycles. The van der Waals surface area contributed by atoms with Crippen LogP contribution in [-0.2, 0) is 0 Å². The molecule has 0 heterocycles. The van der Waals surface area contributed by atoms with Crippen LogP contribution < -0.4 is 0 Å². The van der Waals surface area contributed by atoms with Gasteiger partial charge in [0.05, 0.1) is 6.20 Å². The van der Waals surface area contributed by atoms with E-state index in [1.54, 1.807) is 0 Å². The molecule has 0 N–H and O–H groups in total. The summed E-state index contributed by atoms with van der Waals surface area (Å²) in [7, 11) is 0. The third-order valence-electron chi connectivity index (χ3n) is 0.987. The van der Waals surface area contributed by atoms with Gasteiger partial charge in [0, 0.05) is 13.1 Å². The molecular formula is C6H12N. The molecule has 41 valence electrons. The van der Waals surface area contributed by atoms with Gasteiger partial charge in [-0.15, -0.1) is 0 Å². The molecule has 0 saturated heterocycles. The standard InChI is InChI=1S/C6H12N/c1-4-7(5-2)6-3/h1,5-6H2,2-3H3. The molecule has 0 amide bonds. The Morgan fingerprint density at radius 1 is 1.43 bits per heavy atom. The van der Waals surface area contributed by atoms with E-state index in [4.69, 9.17) is 0 Å². The average molecular weight is 98.2 g/mol. The maximum absolute atomic E-state index is 3.50. The molecule has 1 heteroatoms. The molecule has 0 fully saturated rings. The molecule has 0 unspecified atom stereocenters. The zero-order chi connectivity index (χ0) is 5.70. The fourth-order valence-electron chi connectivity index (χ4n) is 0.447. The monoisotopic (exact) mass is 98.1 g/mol. The lowest BCUT2D eigenvalue weighted by Gasteiger charge is -2.11. The Balaban J connectivity index is 3.16. The summed E-state index contributed by atoms with van der Waals surface area (Å²) < 4.78 is 0. The van der Waals surface area contributed by atoms with Crippen LogP contribution in [0.1, 0.15) is 13.8 Å². The second-order valence-corrected chi connectivity index (χ2v) is 1.33. The van der Waals surface area contributed by atoms with Gasteiger partial charge < -0.3 is 4.90 Å². The van der Waals surface area contributed by atoms with E-state index in [0.717, 1.165) is 13.1 Å². The molecule has 7 heavy (non-hydrogen) atoms. The van der Waals surface area contributed by atoms with Crippen molar-refractivity contribution in [2.45, 2.75) is 13.8 Å². The van der Waals surface area contributed by atoms with Crippen LogP contribution in [0, 0.1) is 6.20 Å². The molecule has 0 aromatic heterocycles. The second kappa shape index (κ2) is 3.72. The summed E-state index contributed by atoms with van der Waals surface area (Å²) in [4.78, 5) is 2.01. The summed E-state index contributed by atoms with van der Waals surface area (Å²) in [5.41, 5.74) is 0. The predicted octanol–water partition coefficient (Wildman–Crippen LogP) is 1.27. The van der Waals surface area contributed by atoms with Gasteiger partial charge in [-0.1, -0.05) is 6.58 Å². The highest BCUT2D eigenvalue weighted by Crippen LogP contribution is 1.81. The predicted molar refractivity (Wildman–Crippen MR) is 31.8 cm³/mol. The lowest BCUT2D eigenvalue weighted by atomic mass is 10.5. The quantitative estimate of drug-likeness (QED) is 0.480. The maximum atomic E-state index is 3.50. The molecule has 0 aliphatic rings. The molecule has 0 bridgehead atoms. The van der Waals surface area contributed by atoms with Crippen molar-refractivity contribution in [2.75, 3.05) is 13.1 Å². The highest BCUT2D eigenvalue weighted by molar-refractivity contribution is 4.56. The van der Waals surface area contributed by atoms with Crippen molar-refractivity contribution in [1.29, 1.82) is 0 Å². The molecule has 1 nitrogen and oxygen atoms in total. The van der Waals surface area contributed by atoms with Gasteiger partial charge in [-0.05, 0) is 13.8 Å². The Labute approximate surface area is 45.6 Å². The van der Waals surface area contributed by atoms with Crippen LogP contribution in [0.2, 0.25) is 0 Å². The number of hydrogen-bond acceptors (Lipinski definition) is 1. The summed E-state index contributed by atoms with van der Waals surface area (Å²) in [5.74, 6) is 0. The van der Waals surface area contributed by atoms with Crippen molar-refractivity contribution in [3.8, 4) is 0 Å². The van der Waals surface area contributed by atoms with E-state index in [0.29, 0.717) is 0 Å². The first-order valence-corrected chi connectivity index (χ1v) is 2.62. The molecule has 1 radical (unpaired) electrons. The maximum Gasteiger partial charge on any atom is 0.0524 e. The Morgan fingerprint density at radius 3 is 1.86 bits per heavy atom. The fraction of sp³-hybridized carbons (Fsp3) is 0.667. The van der Waals surface area contributed by atoms with Crippen LogP contribution in [0.3, 0.4) is 0 Å².